The highest BCUT2D eigenvalue weighted by Crippen LogP contribution is 2.32. The number of nitrogens with one attached hydrogen (secondary N) is 1. The lowest BCUT2D eigenvalue weighted by Crippen LogP contribution is -2.51. The van der Waals surface area contributed by atoms with Crippen molar-refractivity contribution in [2.24, 2.45) is 0 Å². The summed E-state index contributed by atoms with van der Waals surface area (Å²) in [6.45, 7) is 2.08. The summed E-state index contributed by atoms with van der Waals surface area (Å²) in [7, 11) is 0. The Bertz CT molecular complexity index is 429. The molecule has 2 nitrogen and oxygen atoms in total. The smallest absolute Gasteiger partial charge is 0.252 e. The van der Waals surface area contributed by atoms with Crippen LogP contribution in [0.1, 0.15) is 36.5 Å². The predicted molar refractivity (Wildman–Crippen MR) is 68.9 cm³/mol. The van der Waals surface area contributed by atoms with Gasteiger partial charge in [0.25, 0.3) is 5.91 Å². The molecule has 2 rings (SSSR count). The molecule has 1 aromatic carbocycles. The van der Waals surface area contributed by atoms with Crippen molar-refractivity contribution in [2.45, 2.75) is 31.7 Å². The van der Waals surface area contributed by atoms with Gasteiger partial charge >= 0.3 is 0 Å². The zero-order chi connectivity index (χ0) is 11.8. The number of carbonyl (C=O) groups excluding carboxylic acids is 1. The van der Waals surface area contributed by atoms with Gasteiger partial charge in [-0.15, -0.1) is 0 Å². The molecule has 0 atom stereocenters. The number of carbonyl (C=O) groups is 1. The van der Waals surface area contributed by atoms with E-state index >= 15 is 0 Å². The summed E-state index contributed by atoms with van der Waals surface area (Å²) in [6, 6.07) is 5.20. The molecule has 0 spiro atoms. The van der Waals surface area contributed by atoms with Gasteiger partial charge in [-0.1, -0.05) is 11.6 Å². The molecule has 0 bridgehead atoms. The molecule has 0 saturated heterocycles. The molecule has 0 aliphatic heterocycles. The summed E-state index contributed by atoms with van der Waals surface area (Å²) in [5, 5.41) is 3.68. The van der Waals surface area contributed by atoms with Crippen LogP contribution >= 0.6 is 27.5 Å². The summed E-state index contributed by atoms with van der Waals surface area (Å²) in [4.78, 5) is 12.0. The van der Waals surface area contributed by atoms with Gasteiger partial charge < -0.3 is 5.32 Å². The van der Waals surface area contributed by atoms with Crippen LogP contribution in [0.3, 0.4) is 0 Å². The quantitative estimate of drug-likeness (QED) is 0.885. The lowest BCUT2D eigenvalue weighted by molar-refractivity contribution is 0.0849. The van der Waals surface area contributed by atoms with Crippen LogP contribution in [0.15, 0.2) is 22.7 Å². The Balaban J connectivity index is 2.14. The van der Waals surface area contributed by atoms with Crippen molar-refractivity contribution in [3.05, 3.63) is 33.3 Å². The van der Waals surface area contributed by atoms with E-state index in [-0.39, 0.29) is 11.4 Å². The first-order valence-corrected chi connectivity index (χ1v) is 6.45. The predicted octanol–water partition coefficient (Wildman–Crippen LogP) is 3.77. The molecule has 1 aliphatic carbocycles. The first-order chi connectivity index (χ1) is 7.50. The van der Waals surface area contributed by atoms with Crippen LogP contribution in [0.5, 0.6) is 0 Å². The fraction of sp³-hybridized carbons (Fsp3) is 0.417. The van der Waals surface area contributed by atoms with Crippen LogP contribution in [0.25, 0.3) is 0 Å². The van der Waals surface area contributed by atoms with E-state index in [2.05, 4.69) is 28.2 Å². The van der Waals surface area contributed by atoms with Crippen LogP contribution in [-0.2, 0) is 0 Å². The van der Waals surface area contributed by atoms with Gasteiger partial charge in [-0.3, -0.25) is 4.79 Å². The second-order valence-corrected chi connectivity index (χ2v) is 5.78. The second-order valence-electron chi connectivity index (χ2n) is 4.49. The molecule has 86 valence electrons. The number of benzene rings is 1. The number of hydrogen-bond donors (Lipinski definition) is 1. The Hall–Kier alpha value is -0.540. The van der Waals surface area contributed by atoms with Gasteiger partial charge in [-0.25, -0.2) is 0 Å². The third-order valence-electron chi connectivity index (χ3n) is 3.05. The number of amides is 1. The van der Waals surface area contributed by atoms with Crippen LogP contribution in [-0.4, -0.2) is 11.4 Å². The maximum absolute atomic E-state index is 12.0. The Morgan fingerprint density at radius 3 is 2.69 bits per heavy atom. The second kappa shape index (κ2) is 4.38. The third kappa shape index (κ3) is 2.41. The van der Waals surface area contributed by atoms with Gasteiger partial charge in [0.15, 0.2) is 0 Å². The van der Waals surface area contributed by atoms with Crippen molar-refractivity contribution in [3.8, 4) is 0 Å². The molecule has 1 fully saturated rings. The fourth-order valence-electron chi connectivity index (χ4n) is 1.85. The monoisotopic (exact) mass is 301 g/mol. The van der Waals surface area contributed by atoms with Gasteiger partial charge in [0.1, 0.15) is 0 Å². The van der Waals surface area contributed by atoms with Crippen LogP contribution in [0.4, 0.5) is 0 Å². The number of hydrogen-bond acceptors (Lipinski definition) is 1. The SMILES string of the molecule is CC1(NC(=O)c2ccc(Cl)cc2Br)CCC1. The molecule has 1 amide bonds. The van der Waals surface area contributed by atoms with E-state index in [1.165, 1.54) is 6.42 Å². The van der Waals surface area contributed by atoms with E-state index in [1.54, 1.807) is 18.2 Å². The molecular weight excluding hydrogens is 289 g/mol. The summed E-state index contributed by atoms with van der Waals surface area (Å²) in [5.41, 5.74) is 0.619. The average Bonchev–Trinajstić information content (AvgIpc) is 2.14. The van der Waals surface area contributed by atoms with E-state index in [4.69, 9.17) is 11.6 Å². The Morgan fingerprint density at radius 2 is 2.19 bits per heavy atom. The summed E-state index contributed by atoms with van der Waals surface area (Å²) in [6.07, 6.45) is 3.31. The van der Waals surface area contributed by atoms with Crippen LogP contribution < -0.4 is 5.32 Å². The van der Waals surface area contributed by atoms with Crippen molar-refractivity contribution in [3.63, 3.8) is 0 Å². The fourth-order valence-corrected chi connectivity index (χ4v) is 2.71. The van der Waals surface area contributed by atoms with Crippen molar-refractivity contribution in [2.75, 3.05) is 0 Å². The van der Waals surface area contributed by atoms with E-state index in [1.807, 2.05) is 0 Å². The molecule has 0 heterocycles. The lowest BCUT2D eigenvalue weighted by atomic mass is 9.78. The molecule has 4 heteroatoms. The maximum Gasteiger partial charge on any atom is 0.252 e. The summed E-state index contributed by atoms with van der Waals surface area (Å²) in [5.74, 6) is -0.0364. The molecule has 16 heavy (non-hydrogen) atoms. The Morgan fingerprint density at radius 1 is 1.50 bits per heavy atom. The van der Waals surface area contributed by atoms with Crippen LogP contribution in [0, 0.1) is 0 Å². The van der Waals surface area contributed by atoms with E-state index in [0.29, 0.717) is 10.6 Å². The van der Waals surface area contributed by atoms with Gasteiger partial charge in [-0.2, -0.15) is 0 Å². The highest BCUT2D eigenvalue weighted by atomic mass is 79.9. The van der Waals surface area contributed by atoms with Gasteiger partial charge in [-0.05, 0) is 60.3 Å². The highest BCUT2D eigenvalue weighted by Gasteiger charge is 2.33. The zero-order valence-corrected chi connectivity index (χ0v) is 11.4. The third-order valence-corrected chi connectivity index (χ3v) is 3.94. The molecule has 1 aromatic rings. The lowest BCUT2D eigenvalue weighted by Gasteiger charge is -2.39. The van der Waals surface area contributed by atoms with E-state index in [9.17, 15) is 4.79 Å². The number of halogens is 2. The van der Waals surface area contributed by atoms with Gasteiger partial charge in [0.05, 0.1) is 5.56 Å². The largest absolute Gasteiger partial charge is 0.347 e. The van der Waals surface area contributed by atoms with Crippen molar-refractivity contribution < 1.29 is 4.79 Å². The first kappa shape index (κ1) is 11.9. The normalized spacial score (nSPS) is 17.7. The first-order valence-electron chi connectivity index (χ1n) is 5.28. The minimum atomic E-state index is -0.0364. The van der Waals surface area contributed by atoms with E-state index < -0.39 is 0 Å². The minimum absolute atomic E-state index is 0.0177. The maximum atomic E-state index is 12.0. The molecular formula is C12H13BrClNO. The topological polar surface area (TPSA) is 29.1 Å². The number of rotatable bonds is 2. The van der Waals surface area contributed by atoms with Gasteiger partial charge in [0, 0.05) is 15.0 Å². The van der Waals surface area contributed by atoms with Crippen molar-refractivity contribution >= 4 is 33.4 Å². The van der Waals surface area contributed by atoms with Crippen LogP contribution in [0.2, 0.25) is 5.02 Å². The zero-order valence-electron chi connectivity index (χ0n) is 9.02. The molecule has 1 aliphatic rings. The van der Waals surface area contributed by atoms with Crippen molar-refractivity contribution in [1.82, 2.24) is 5.32 Å². The molecule has 0 aromatic heterocycles. The molecule has 1 saturated carbocycles. The summed E-state index contributed by atoms with van der Waals surface area (Å²) >= 11 is 9.18. The summed E-state index contributed by atoms with van der Waals surface area (Å²) < 4.78 is 0.737. The Kier molecular flexibility index (Phi) is 3.27. The average molecular weight is 303 g/mol. The van der Waals surface area contributed by atoms with Gasteiger partial charge in [0.2, 0.25) is 0 Å². The van der Waals surface area contributed by atoms with E-state index in [0.717, 1.165) is 17.3 Å². The molecule has 0 radical (unpaired) electrons. The molecule has 0 unspecified atom stereocenters. The van der Waals surface area contributed by atoms with Crippen molar-refractivity contribution in [1.29, 1.82) is 0 Å². The Labute approximate surface area is 108 Å². The molecule has 1 N–H and O–H groups in total. The standard InChI is InChI=1S/C12H13BrClNO/c1-12(5-2-6-12)15-11(16)9-4-3-8(14)7-10(9)13/h3-4,7H,2,5-6H2,1H3,(H,15,16). The minimum Gasteiger partial charge on any atom is -0.347 e. The highest BCUT2D eigenvalue weighted by molar-refractivity contribution is 9.10.